The van der Waals surface area contributed by atoms with Crippen molar-refractivity contribution in [2.24, 2.45) is 0 Å². The lowest BCUT2D eigenvalue weighted by atomic mass is 9.93. The van der Waals surface area contributed by atoms with Crippen molar-refractivity contribution in [1.82, 2.24) is 9.80 Å². The molecule has 2 rings (SSSR count). The van der Waals surface area contributed by atoms with Crippen molar-refractivity contribution in [3.05, 3.63) is 29.2 Å². The number of nitrogens with one attached hydrogen (secondary N) is 1. The minimum absolute atomic E-state index is 0.0222. The number of carbonyl (C=O) groups excluding carboxylic acids is 2. The van der Waals surface area contributed by atoms with Gasteiger partial charge in [-0.3, -0.25) is 9.59 Å². The van der Waals surface area contributed by atoms with Crippen molar-refractivity contribution in [3.8, 4) is 0 Å². The van der Waals surface area contributed by atoms with Gasteiger partial charge >= 0.3 is 0 Å². The van der Waals surface area contributed by atoms with Crippen molar-refractivity contribution in [3.63, 3.8) is 0 Å². The van der Waals surface area contributed by atoms with Gasteiger partial charge in [-0.15, -0.1) is 11.3 Å². The van der Waals surface area contributed by atoms with Crippen LogP contribution < -0.4 is 5.32 Å². The van der Waals surface area contributed by atoms with E-state index in [1.807, 2.05) is 32.0 Å². The SMILES string of the molecule is Cc1ccc(NC(=O)C2(O)CN(C(=O)/C=C/CN(C)C)C2)s1. The van der Waals surface area contributed by atoms with Gasteiger partial charge in [0.25, 0.3) is 5.91 Å². The highest BCUT2D eigenvalue weighted by atomic mass is 32.1. The maximum absolute atomic E-state index is 12.1. The zero-order valence-corrected chi connectivity index (χ0v) is 13.8. The average Bonchev–Trinajstić information content (AvgIpc) is 2.79. The third kappa shape index (κ3) is 3.94. The van der Waals surface area contributed by atoms with Crippen LogP contribution >= 0.6 is 11.3 Å². The number of nitrogens with zero attached hydrogens (tertiary/aromatic N) is 2. The Balaban J connectivity index is 1.84. The first-order valence-corrected chi connectivity index (χ1v) is 7.82. The lowest BCUT2D eigenvalue weighted by Crippen LogP contribution is -2.68. The lowest BCUT2D eigenvalue weighted by Gasteiger charge is -2.44. The molecule has 0 aliphatic carbocycles. The van der Waals surface area contributed by atoms with E-state index < -0.39 is 11.5 Å². The molecule has 0 bridgehead atoms. The fourth-order valence-corrected chi connectivity index (χ4v) is 2.85. The molecule has 1 aliphatic heterocycles. The van der Waals surface area contributed by atoms with E-state index >= 15 is 0 Å². The van der Waals surface area contributed by atoms with E-state index in [4.69, 9.17) is 0 Å². The quantitative estimate of drug-likeness (QED) is 0.782. The molecular formula is C15H21N3O3S. The van der Waals surface area contributed by atoms with Gasteiger partial charge in [0.05, 0.1) is 18.1 Å². The minimum atomic E-state index is -1.50. The Kier molecular flexibility index (Phi) is 5.00. The van der Waals surface area contributed by atoms with Crippen LogP contribution in [0.2, 0.25) is 0 Å². The van der Waals surface area contributed by atoms with E-state index in [-0.39, 0.29) is 19.0 Å². The molecule has 7 heteroatoms. The Labute approximate surface area is 134 Å². The summed E-state index contributed by atoms with van der Waals surface area (Å²) in [5.41, 5.74) is -1.50. The van der Waals surface area contributed by atoms with Gasteiger partial charge in [0, 0.05) is 17.5 Å². The van der Waals surface area contributed by atoms with Crippen LogP contribution in [0.1, 0.15) is 4.88 Å². The third-order valence-electron chi connectivity index (χ3n) is 3.35. The number of carbonyl (C=O) groups is 2. The summed E-state index contributed by atoms with van der Waals surface area (Å²) in [5, 5.41) is 13.6. The molecule has 120 valence electrons. The molecule has 0 radical (unpaired) electrons. The number of aryl methyl sites for hydroxylation is 1. The van der Waals surface area contributed by atoms with Crippen LogP contribution in [-0.4, -0.2) is 66.1 Å². The number of β-amino-alcohol motifs (C(OH)–C–C–N with tert-alkyl or cyclic N) is 1. The molecule has 1 aromatic rings. The molecule has 0 saturated carbocycles. The number of likely N-dealkylation sites (tertiary alicyclic amines) is 1. The number of amides is 2. The molecule has 1 fully saturated rings. The van der Waals surface area contributed by atoms with Gasteiger partial charge in [-0.2, -0.15) is 0 Å². The average molecular weight is 323 g/mol. The molecule has 2 heterocycles. The number of hydrogen-bond donors (Lipinski definition) is 2. The third-order valence-corrected chi connectivity index (χ3v) is 4.26. The lowest BCUT2D eigenvalue weighted by molar-refractivity contribution is -0.161. The van der Waals surface area contributed by atoms with E-state index in [1.54, 1.807) is 12.1 Å². The molecule has 1 saturated heterocycles. The first kappa shape index (κ1) is 16.7. The molecule has 22 heavy (non-hydrogen) atoms. The Bertz CT molecular complexity index is 589. The largest absolute Gasteiger partial charge is 0.377 e. The normalized spacial score (nSPS) is 16.9. The minimum Gasteiger partial charge on any atom is -0.377 e. The first-order chi connectivity index (χ1) is 10.3. The summed E-state index contributed by atoms with van der Waals surface area (Å²) in [5.74, 6) is -0.651. The molecule has 0 spiro atoms. The zero-order chi connectivity index (χ0) is 16.3. The zero-order valence-electron chi connectivity index (χ0n) is 13.0. The van der Waals surface area contributed by atoms with E-state index in [1.165, 1.54) is 22.3 Å². The molecular weight excluding hydrogens is 302 g/mol. The predicted molar refractivity (Wildman–Crippen MR) is 86.9 cm³/mol. The summed E-state index contributed by atoms with van der Waals surface area (Å²) < 4.78 is 0. The van der Waals surface area contributed by atoms with Gasteiger partial charge in [0.1, 0.15) is 0 Å². The molecule has 2 N–H and O–H groups in total. The molecule has 6 nitrogen and oxygen atoms in total. The Morgan fingerprint density at radius 3 is 2.68 bits per heavy atom. The number of likely N-dealkylation sites (N-methyl/N-ethyl adjacent to an activating group) is 1. The van der Waals surface area contributed by atoms with Crippen LogP contribution in [-0.2, 0) is 9.59 Å². The smallest absolute Gasteiger partial charge is 0.260 e. The monoisotopic (exact) mass is 323 g/mol. The Hall–Kier alpha value is -1.70. The number of aliphatic hydroxyl groups is 1. The van der Waals surface area contributed by atoms with E-state index in [0.717, 1.165) is 4.88 Å². The van der Waals surface area contributed by atoms with Gasteiger partial charge in [-0.05, 0) is 33.2 Å². The Morgan fingerprint density at radius 2 is 2.14 bits per heavy atom. The van der Waals surface area contributed by atoms with Crippen molar-refractivity contribution < 1.29 is 14.7 Å². The van der Waals surface area contributed by atoms with E-state index in [2.05, 4.69) is 5.32 Å². The molecule has 0 unspecified atom stereocenters. The van der Waals surface area contributed by atoms with Gasteiger partial charge < -0.3 is 20.2 Å². The molecule has 0 atom stereocenters. The van der Waals surface area contributed by atoms with Crippen molar-refractivity contribution in [2.45, 2.75) is 12.5 Å². The van der Waals surface area contributed by atoms with Crippen molar-refractivity contribution >= 4 is 28.2 Å². The Morgan fingerprint density at radius 1 is 1.45 bits per heavy atom. The second-order valence-corrected chi connectivity index (χ2v) is 7.04. The fraction of sp³-hybridized carbons (Fsp3) is 0.467. The predicted octanol–water partition coefficient (Wildman–Crippen LogP) is 0.686. The summed E-state index contributed by atoms with van der Waals surface area (Å²) in [6.07, 6.45) is 3.23. The summed E-state index contributed by atoms with van der Waals surface area (Å²) in [6, 6.07) is 3.70. The van der Waals surface area contributed by atoms with Crippen molar-refractivity contribution in [2.75, 3.05) is 39.0 Å². The van der Waals surface area contributed by atoms with E-state index in [0.29, 0.717) is 11.5 Å². The van der Waals surface area contributed by atoms with Crippen LogP contribution in [0.15, 0.2) is 24.3 Å². The summed E-state index contributed by atoms with van der Waals surface area (Å²) in [7, 11) is 3.82. The maximum atomic E-state index is 12.1. The van der Waals surface area contributed by atoms with Crippen LogP contribution in [0.4, 0.5) is 5.00 Å². The molecule has 2 amide bonds. The highest BCUT2D eigenvalue weighted by Gasteiger charge is 2.49. The summed E-state index contributed by atoms with van der Waals surface area (Å²) in [6.45, 7) is 2.66. The molecule has 1 aromatic heterocycles. The number of rotatable bonds is 5. The van der Waals surface area contributed by atoms with Crippen molar-refractivity contribution in [1.29, 1.82) is 0 Å². The molecule has 0 aromatic carbocycles. The van der Waals surface area contributed by atoms with Crippen LogP contribution in [0.25, 0.3) is 0 Å². The van der Waals surface area contributed by atoms with Gasteiger partial charge in [0.2, 0.25) is 5.91 Å². The highest BCUT2D eigenvalue weighted by Crippen LogP contribution is 2.26. The fourth-order valence-electron chi connectivity index (χ4n) is 2.08. The summed E-state index contributed by atoms with van der Waals surface area (Å²) >= 11 is 1.45. The molecule has 1 aliphatic rings. The summed E-state index contributed by atoms with van der Waals surface area (Å²) in [4.78, 5) is 28.4. The van der Waals surface area contributed by atoms with Crippen LogP contribution in [0, 0.1) is 6.92 Å². The van der Waals surface area contributed by atoms with Gasteiger partial charge in [-0.1, -0.05) is 6.08 Å². The number of thiophene rings is 1. The van der Waals surface area contributed by atoms with E-state index in [9.17, 15) is 14.7 Å². The van der Waals surface area contributed by atoms with Crippen LogP contribution in [0.3, 0.4) is 0 Å². The number of anilines is 1. The standard InChI is InChI=1S/C15H21N3O3S/c1-11-6-7-12(22-11)16-14(20)15(21)9-18(10-15)13(19)5-4-8-17(2)3/h4-7,21H,8-10H2,1-3H3,(H,16,20)/b5-4+. The second-order valence-electron chi connectivity index (χ2n) is 5.75. The first-order valence-electron chi connectivity index (χ1n) is 7.00. The van der Waals surface area contributed by atoms with Gasteiger partial charge in [-0.25, -0.2) is 0 Å². The van der Waals surface area contributed by atoms with Gasteiger partial charge in [0.15, 0.2) is 5.60 Å². The number of hydrogen-bond acceptors (Lipinski definition) is 5. The second kappa shape index (κ2) is 6.60. The maximum Gasteiger partial charge on any atom is 0.260 e. The van der Waals surface area contributed by atoms with Crippen LogP contribution in [0.5, 0.6) is 0 Å². The highest BCUT2D eigenvalue weighted by molar-refractivity contribution is 7.16. The topological polar surface area (TPSA) is 72.9 Å².